The van der Waals surface area contributed by atoms with E-state index < -0.39 is 0 Å². The Hall–Kier alpha value is -0.560. The topological polar surface area (TPSA) is 20.2 Å². The zero-order valence-corrected chi connectivity index (χ0v) is 20.7. The minimum Gasteiger partial charge on any atom is -0.393 e. The summed E-state index contributed by atoms with van der Waals surface area (Å²) >= 11 is 0. The molecule has 0 radical (unpaired) electrons. The number of allylic oxidation sites excluding steroid dienone is 3. The number of rotatable bonds is 5. The summed E-state index contributed by atoms with van der Waals surface area (Å²) in [5.74, 6) is 5.70. The lowest BCUT2D eigenvalue weighted by molar-refractivity contribution is -0.0540. The average molecular weight is 413 g/mol. The second-order valence-electron chi connectivity index (χ2n) is 12.4. The molecule has 0 saturated heterocycles. The predicted molar refractivity (Wildman–Crippen MR) is 128 cm³/mol. The molecular weight excluding hydrogens is 364 g/mol. The van der Waals surface area contributed by atoms with Crippen LogP contribution in [0, 0.1) is 52.3 Å². The molecule has 0 amide bonds. The number of hydrogen-bond acceptors (Lipinski definition) is 1. The molecule has 0 unspecified atom stereocenters. The number of fused-ring (bicyclic) bond motifs is 5. The molecule has 9 atom stereocenters. The largest absolute Gasteiger partial charge is 0.393 e. The van der Waals surface area contributed by atoms with Gasteiger partial charge in [-0.1, -0.05) is 65.3 Å². The maximum absolute atomic E-state index is 10.2. The zero-order chi connectivity index (χ0) is 21.7. The van der Waals surface area contributed by atoms with Crippen molar-refractivity contribution in [1.82, 2.24) is 0 Å². The van der Waals surface area contributed by atoms with Crippen LogP contribution in [0.4, 0.5) is 0 Å². The van der Waals surface area contributed by atoms with Gasteiger partial charge in [-0.2, -0.15) is 0 Å². The lowest BCUT2D eigenvalue weighted by atomic mass is 9.47. The lowest BCUT2D eigenvalue weighted by Gasteiger charge is -2.58. The summed E-state index contributed by atoms with van der Waals surface area (Å²) in [5, 5.41) is 10.2. The summed E-state index contributed by atoms with van der Waals surface area (Å²) in [6.45, 7) is 14.8. The van der Waals surface area contributed by atoms with Gasteiger partial charge in [0.15, 0.2) is 0 Å². The molecule has 1 heteroatoms. The molecule has 4 rings (SSSR count). The van der Waals surface area contributed by atoms with Crippen LogP contribution < -0.4 is 0 Å². The van der Waals surface area contributed by atoms with Gasteiger partial charge in [0, 0.05) is 0 Å². The fourth-order valence-electron chi connectivity index (χ4n) is 8.83. The van der Waals surface area contributed by atoms with Crippen molar-refractivity contribution in [2.75, 3.05) is 0 Å². The number of aliphatic hydroxyl groups is 1. The molecule has 0 heterocycles. The fourth-order valence-corrected chi connectivity index (χ4v) is 8.83. The summed E-state index contributed by atoms with van der Waals surface area (Å²) in [7, 11) is 0. The van der Waals surface area contributed by atoms with Crippen molar-refractivity contribution in [2.45, 2.75) is 105 Å². The Morgan fingerprint density at radius 1 is 1.03 bits per heavy atom. The van der Waals surface area contributed by atoms with Crippen LogP contribution in [0.25, 0.3) is 0 Å². The molecule has 4 aliphatic rings. The Labute approximate surface area is 186 Å². The normalized spacial score (nSPS) is 45.6. The minimum absolute atomic E-state index is 0.0870. The molecule has 1 N–H and O–H groups in total. The van der Waals surface area contributed by atoms with E-state index in [0.717, 1.165) is 48.3 Å². The summed E-state index contributed by atoms with van der Waals surface area (Å²) in [6, 6.07) is 0. The molecule has 170 valence electrons. The van der Waals surface area contributed by atoms with E-state index in [1.54, 1.807) is 5.57 Å². The van der Waals surface area contributed by atoms with Gasteiger partial charge in [-0.25, -0.2) is 0 Å². The van der Waals surface area contributed by atoms with E-state index >= 15 is 0 Å². The Balaban J connectivity index is 1.52. The first kappa shape index (κ1) is 22.6. The highest BCUT2D eigenvalue weighted by Crippen LogP contribution is 2.67. The molecule has 4 aliphatic carbocycles. The van der Waals surface area contributed by atoms with Crippen molar-refractivity contribution in [1.29, 1.82) is 0 Å². The van der Waals surface area contributed by atoms with E-state index in [1.165, 1.54) is 44.9 Å². The van der Waals surface area contributed by atoms with Crippen LogP contribution in [0.15, 0.2) is 23.8 Å². The molecule has 0 aromatic heterocycles. The van der Waals surface area contributed by atoms with Crippen LogP contribution in [-0.2, 0) is 0 Å². The van der Waals surface area contributed by atoms with Gasteiger partial charge in [0.25, 0.3) is 0 Å². The Kier molecular flexibility index (Phi) is 6.35. The van der Waals surface area contributed by atoms with Crippen molar-refractivity contribution in [3.05, 3.63) is 23.8 Å². The van der Waals surface area contributed by atoms with Gasteiger partial charge in [0.1, 0.15) is 0 Å². The third-order valence-electron chi connectivity index (χ3n) is 10.8. The summed E-state index contributed by atoms with van der Waals surface area (Å²) in [4.78, 5) is 0. The third-order valence-corrected chi connectivity index (χ3v) is 10.8. The van der Waals surface area contributed by atoms with Crippen LogP contribution in [-0.4, -0.2) is 11.2 Å². The lowest BCUT2D eigenvalue weighted by Crippen LogP contribution is -2.50. The van der Waals surface area contributed by atoms with Crippen LogP contribution in [0.2, 0.25) is 0 Å². The van der Waals surface area contributed by atoms with Crippen LogP contribution in [0.1, 0.15) is 99.3 Å². The predicted octanol–water partition coefficient (Wildman–Crippen LogP) is 7.80. The molecule has 3 saturated carbocycles. The first-order valence-corrected chi connectivity index (χ1v) is 13.3. The highest BCUT2D eigenvalue weighted by atomic mass is 16.3. The summed E-state index contributed by atoms with van der Waals surface area (Å²) in [6.07, 6.45) is 19.1. The van der Waals surface area contributed by atoms with Crippen molar-refractivity contribution in [2.24, 2.45) is 52.3 Å². The molecule has 0 aromatic rings. The Bertz CT molecular complexity index is 674. The molecule has 3 fully saturated rings. The van der Waals surface area contributed by atoms with E-state index in [0.29, 0.717) is 16.7 Å². The van der Waals surface area contributed by atoms with Gasteiger partial charge < -0.3 is 5.11 Å². The van der Waals surface area contributed by atoms with Crippen LogP contribution >= 0.6 is 0 Å². The van der Waals surface area contributed by atoms with E-state index in [-0.39, 0.29) is 6.10 Å². The van der Waals surface area contributed by atoms with Crippen molar-refractivity contribution < 1.29 is 5.11 Å². The highest BCUT2D eigenvalue weighted by Gasteiger charge is 2.58. The zero-order valence-electron chi connectivity index (χ0n) is 20.7. The number of aliphatic hydroxyl groups excluding tert-OH is 1. The second-order valence-corrected chi connectivity index (χ2v) is 12.4. The second kappa shape index (κ2) is 8.42. The quantitative estimate of drug-likeness (QED) is 0.457. The monoisotopic (exact) mass is 412 g/mol. The highest BCUT2D eigenvalue weighted by molar-refractivity contribution is 5.25. The number of hydrogen-bond donors (Lipinski definition) is 1. The van der Waals surface area contributed by atoms with Crippen LogP contribution in [0.5, 0.6) is 0 Å². The van der Waals surface area contributed by atoms with Gasteiger partial charge in [-0.05, 0) is 110 Å². The first-order valence-electron chi connectivity index (χ1n) is 13.3. The Morgan fingerprint density at radius 3 is 2.50 bits per heavy atom. The van der Waals surface area contributed by atoms with Gasteiger partial charge >= 0.3 is 0 Å². The third kappa shape index (κ3) is 3.66. The average Bonchev–Trinajstić information content (AvgIpc) is 3.06. The Morgan fingerprint density at radius 2 is 1.80 bits per heavy atom. The molecule has 1 nitrogen and oxygen atoms in total. The molecule has 0 bridgehead atoms. The van der Waals surface area contributed by atoms with Crippen molar-refractivity contribution >= 4 is 0 Å². The SMILES string of the molecule is CC[C@@H](C=C[C@@H](C)[C@H]1CC[C@H]2[C@@H]3CC=C4C[C@@H](O)CC[C@]4(C)[C@H]3CC[C@]12C)C(C)C. The van der Waals surface area contributed by atoms with Crippen molar-refractivity contribution in [3.63, 3.8) is 0 Å². The van der Waals surface area contributed by atoms with E-state index in [4.69, 9.17) is 0 Å². The maximum atomic E-state index is 10.2. The van der Waals surface area contributed by atoms with Gasteiger partial charge in [-0.15, -0.1) is 0 Å². The van der Waals surface area contributed by atoms with E-state index in [9.17, 15) is 5.11 Å². The van der Waals surface area contributed by atoms with Crippen LogP contribution in [0.3, 0.4) is 0 Å². The maximum Gasteiger partial charge on any atom is 0.0577 e. The van der Waals surface area contributed by atoms with E-state index in [2.05, 4.69) is 59.8 Å². The minimum atomic E-state index is -0.0870. The first-order chi connectivity index (χ1) is 14.2. The molecule has 30 heavy (non-hydrogen) atoms. The van der Waals surface area contributed by atoms with Gasteiger partial charge in [0.2, 0.25) is 0 Å². The molecule has 0 spiro atoms. The van der Waals surface area contributed by atoms with Crippen molar-refractivity contribution in [3.8, 4) is 0 Å². The van der Waals surface area contributed by atoms with E-state index in [1.807, 2.05) is 0 Å². The molecule has 0 aromatic carbocycles. The molecule has 0 aliphatic heterocycles. The standard InChI is InChI=1S/C29H48O/c1-7-21(19(2)3)9-8-20(4)25-12-13-26-24-11-10-22-18-23(30)14-16-28(22,5)27(24)15-17-29(25,26)6/h8-10,19-21,23-27,30H,7,11-18H2,1-6H3/t20-,21+,23+,24+,25-,26+,27+,28+,29-/m1/s1. The summed E-state index contributed by atoms with van der Waals surface area (Å²) < 4.78 is 0. The van der Waals surface area contributed by atoms with Gasteiger partial charge in [0.05, 0.1) is 6.10 Å². The van der Waals surface area contributed by atoms with Gasteiger partial charge in [-0.3, -0.25) is 0 Å². The fraction of sp³-hybridized carbons (Fsp3) is 0.862. The summed E-state index contributed by atoms with van der Waals surface area (Å²) in [5.41, 5.74) is 2.51. The smallest absolute Gasteiger partial charge is 0.0577 e. The molecular formula is C29H48O.